The Morgan fingerprint density at radius 1 is 1.33 bits per heavy atom. The van der Waals surface area contributed by atoms with Gasteiger partial charge in [0.25, 0.3) is 0 Å². The molecular formula is C12H11ClN4S. The number of hydrogen-bond donors (Lipinski definition) is 0. The number of aromatic nitrogens is 4. The molecule has 4 nitrogen and oxygen atoms in total. The Balaban J connectivity index is 2.36. The van der Waals surface area contributed by atoms with Gasteiger partial charge >= 0.3 is 0 Å². The van der Waals surface area contributed by atoms with E-state index in [1.165, 1.54) is 0 Å². The van der Waals surface area contributed by atoms with Crippen molar-refractivity contribution in [3.05, 3.63) is 23.2 Å². The van der Waals surface area contributed by atoms with Gasteiger partial charge in [0.15, 0.2) is 5.65 Å². The van der Waals surface area contributed by atoms with Crippen molar-refractivity contribution in [2.75, 3.05) is 5.75 Å². The van der Waals surface area contributed by atoms with Crippen molar-refractivity contribution in [3.63, 3.8) is 0 Å². The SMILES string of the molecule is CCSc1nnc2c3cc(Cl)ccc3n(C)c2n1. The second-order valence-electron chi connectivity index (χ2n) is 3.92. The summed E-state index contributed by atoms with van der Waals surface area (Å²) < 4.78 is 2.02. The third-order valence-corrected chi connectivity index (χ3v) is 3.77. The molecule has 0 spiro atoms. The number of benzene rings is 1. The topological polar surface area (TPSA) is 43.6 Å². The second kappa shape index (κ2) is 4.40. The van der Waals surface area contributed by atoms with Crippen LogP contribution in [0.25, 0.3) is 22.1 Å². The van der Waals surface area contributed by atoms with Gasteiger partial charge < -0.3 is 4.57 Å². The van der Waals surface area contributed by atoms with Gasteiger partial charge in [-0.05, 0) is 24.0 Å². The number of aryl methyl sites for hydroxylation is 1. The Morgan fingerprint density at radius 2 is 2.17 bits per heavy atom. The smallest absolute Gasteiger partial charge is 0.211 e. The van der Waals surface area contributed by atoms with Crippen molar-refractivity contribution < 1.29 is 0 Å². The van der Waals surface area contributed by atoms with Crippen LogP contribution in [0.5, 0.6) is 0 Å². The zero-order chi connectivity index (χ0) is 12.7. The van der Waals surface area contributed by atoms with Crippen LogP contribution in [-0.2, 0) is 7.05 Å². The number of hydrogen-bond acceptors (Lipinski definition) is 4. The quantitative estimate of drug-likeness (QED) is 0.675. The van der Waals surface area contributed by atoms with E-state index >= 15 is 0 Å². The lowest BCUT2D eigenvalue weighted by atomic mass is 10.2. The molecular weight excluding hydrogens is 268 g/mol. The zero-order valence-electron chi connectivity index (χ0n) is 10.0. The van der Waals surface area contributed by atoms with E-state index in [-0.39, 0.29) is 0 Å². The summed E-state index contributed by atoms with van der Waals surface area (Å²) in [4.78, 5) is 4.54. The highest BCUT2D eigenvalue weighted by Crippen LogP contribution is 2.28. The van der Waals surface area contributed by atoms with Crippen LogP contribution < -0.4 is 0 Å². The maximum Gasteiger partial charge on any atom is 0.211 e. The van der Waals surface area contributed by atoms with E-state index in [4.69, 9.17) is 11.6 Å². The molecule has 3 aromatic rings. The van der Waals surface area contributed by atoms with Crippen molar-refractivity contribution in [2.45, 2.75) is 12.1 Å². The van der Waals surface area contributed by atoms with E-state index in [9.17, 15) is 0 Å². The molecule has 3 rings (SSSR count). The lowest BCUT2D eigenvalue weighted by molar-refractivity contribution is 0.855. The third-order valence-electron chi connectivity index (χ3n) is 2.82. The molecule has 0 unspecified atom stereocenters. The molecule has 0 bridgehead atoms. The monoisotopic (exact) mass is 278 g/mol. The van der Waals surface area contributed by atoms with Crippen LogP contribution in [0, 0.1) is 0 Å². The fraction of sp³-hybridized carbons (Fsp3) is 0.250. The average molecular weight is 279 g/mol. The van der Waals surface area contributed by atoms with Gasteiger partial charge in [0, 0.05) is 17.5 Å². The van der Waals surface area contributed by atoms with E-state index in [0.717, 1.165) is 27.8 Å². The van der Waals surface area contributed by atoms with Crippen LogP contribution in [0.15, 0.2) is 23.4 Å². The summed E-state index contributed by atoms with van der Waals surface area (Å²) in [5.41, 5.74) is 2.71. The summed E-state index contributed by atoms with van der Waals surface area (Å²) >= 11 is 7.62. The Kier molecular flexibility index (Phi) is 2.87. The number of fused-ring (bicyclic) bond motifs is 3. The third kappa shape index (κ3) is 1.74. The van der Waals surface area contributed by atoms with Crippen molar-refractivity contribution in [3.8, 4) is 0 Å². The number of rotatable bonds is 2. The van der Waals surface area contributed by atoms with Gasteiger partial charge in [-0.3, -0.25) is 0 Å². The summed E-state index contributed by atoms with van der Waals surface area (Å²) in [5, 5.41) is 10.8. The summed E-state index contributed by atoms with van der Waals surface area (Å²) in [6, 6.07) is 5.76. The van der Waals surface area contributed by atoms with Crippen LogP contribution in [0.3, 0.4) is 0 Å². The molecule has 6 heteroatoms. The van der Waals surface area contributed by atoms with E-state index in [0.29, 0.717) is 10.2 Å². The van der Waals surface area contributed by atoms with Crippen molar-refractivity contribution >= 4 is 45.4 Å². The molecule has 0 saturated heterocycles. The molecule has 92 valence electrons. The zero-order valence-corrected chi connectivity index (χ0v) is 11.6. The van der Waals surface area contributed by atoms with Crippen LogP contribution in [0.1, 0.15) is 6.92 Å². The summed E-state index contributed by atoms with van der Waals surface area (Å²) in [6.07, 6.45) is 0. The van der Waals surface area contributed by atoms with Crippen LogP contribution >= 0.6 is 23.4 Å². The van der Waals surface area contributed by atoms with E-state index in [2.05, 4.69) is 22.1 Å². The van der Waals surface area contributed by atoms with Gasteiger partial charge in [-0.2, -0.15) is 0 Å². The van der Waals surface area contributed by atoms with Crippen LogP contribution in [0.2, 0.25) is 5.02 Å². The Hall–Kier alpha value is -1.33. The maximum absolute atomic E-state index is 6.03. The first-order valence-electron chi connectivity index (χ1n) is 5.62. The Morgan fingerprint density at radius 3 is 2.94 bits per heavy atom. The molecule has 2 heterocycles. The molecule has 0 N–H and O–H groups in total. The van der Waals surface area contributed by atoms with Crippen LogP contribution in [0.4, 0.5) is 0 Å². The first kappa shape index (κ1) is 11.7. The molecule has 0 fully saturated rings. The normalized spacial score (nSPS) is 11.5. The lowest BCUT2D eigenvalue weighted by Crippen LogP contribution is -1.95. The minimum Gasteiger partial charge on any atom is -0.327 e. The fourth-order valence-corrected chi connectivity index (χ4v) is 2.69. The van der Waals surface area contributed by atoms with Crippen molar-refractivity contribution in [1.82, 2.24) is 19.7 Å². The highest BCUT2D eigenvalue weighted by atomic mass is 35.5. The number of nitrogens with zero attached hydrogens (tertiary/aromatic N) is 4. The van der Waals surface area contributed by atoms with Gasteiger partial charge in [0.1, 0.15) is 5.52 Å². The Labute approximate surface area is 113 Å². The number of halogens is 1. The van der Waals surface area contributed by atoms with Gasteiger partial charge in [-0.15, -0.1) is 10.2 Å². The largest absolute Gasteiger partial charge is 0.327 e. The van der Waals surface area contributed by atoms with Gasteiger partial charge in [-0.25, -0.2) is 4.98 Å². The average Bonchev–Trinajstić information content (AvgIpc) is 2.63. The highest BCUT2D eigenvalue weighted by Gasteiger charge is 2.12. The standard InChI is InChI=1S/C12H11ClN4S/c1-3-18-12-14-11-10(15-16-12)8-6-7(13)4-5-9(8)17(11)2/h4-6H,3H2,1-2H3. The van der Waals surface area contributed by atoms with Crippen LogP contribution in [-0.4, -0.2) is 25.5 Å². The molecule has 0 aliphatic heterocycles. The molecule has 0 saturated carbocycles. The van der Waals surface area contributed by atoms with Gasteiger partial charge in [-0.1, -0.05) is 30.3 Å². The second-order valence-corrected chi connectivity index (χ2v) is 5.59. The summed E-state index contributed by atoms with van der Waals surface area (Å²) in [6.45, 7) is 2.07. The predicted octanol–water partition coefficient (Wildman–Crippen LogP) is 3.28. The molecule has 0 amide bonds. The first-order valence-corrected chi connectivity index (χ1v) is 6.98. The molecule has 18 heavy (non-hydrogen) atoms. The molecule has 0 radical (unpaired) electrons. The minimum atomic E-state index is 0.698. The first-order chi connectivity index (χ1) is 8.70. The summed E-state index contributed by atoms with van der Waals surface area (Å²) in [7, 11) is 1.98. The lowest BCUT2D eigenvalue weighted by Gasteiger charge is -1.98. The molecule has 0 atom stereocenters. The van der Waals surface area contributed by atoms with Gasteiger partial charge in [0.05, 0.1) is 5.52 Å². The molecule has 1 aromatic carbocycles. The van der Waals surface area contributed by atoms with Crippen molar-refractivity contribution in [2.24, 2.45) is 7.05 Å². The molecule has 0 aliphatic rings. The van der Waals surface area contributed by atoms with E-state index < -0.39 is 0 Å². The minimum absolute atomic E-state index is 0.698. The Bertz CT molecular complexity index is 738. The molecule has 0 aliphatic carbocycles. The van der Waals surface area contributed by atoms with Gasteiger partial charge in [0.2, 0.25) is 5.16 Å². The summed E-state index contributed by atoms with van der Waals surface area (Å²) in [5.74, 6) is 0.933. The van der Waals surface area contributed by atoms with E-state index in [1.807, 2.05) is 29.8 Å². The van der Waals surface area contributed by atoms with Crippen molar-refractivity contribution in [1.29, 1.82) is 0 Å². The van der Waals surface area contributed by atoms with E-state index in [1.54, 1.807) is 11.8 Å². The number of thioether (sulfide) groups is 1. The predicted molar refractivity (Wildman–Crippen MR) is 75.2 cm³/mol. The maximum atomic E-state index is 6.03. The fourth-order valence-electron chi connectivity index (χ4n) is 2.01. The molecule has 2 aromatic heterocycles. The highest BCUT2D eigenvalue weighted by molar-refractivity contribution is 7.99.